The molecule has 0 radical (unpaired) electrons. The summed E-state index contributed by atoms with van der Waals surface area (Å²) in [6, 6.07) is 1.54. The van der Waals surface area contributed by atoms with Gasteiger partial charge < -0.3 is 5.11 Å². The van der Waals surface area contributed by atoms with Crippen LogP contribution in [0.4, 0.5) is 0 Å². The third kappa shape index (κ3) is 2.57. The molecule has 1 rings (SSSR count). The molecule has 1 heterocycles. The Labute approximate surface area is 94.2 Å². The van der Waals surface area contributed by atoms with E-state index in [0.29, 0.717) is 11.4 Å². The van der Waals surface area contributed by atoms with Crippen LogP contribution < -0.4 is 0 Å². The summed E-state index contributed by atoms with van der Waals surface area (Å²) in [5.41, 5.74) is 0. The summed E-state index contributed by atoms with van der Waals surface area (Å²) < 4.78 is 25.3. The Bertz CT molecular complexity index is 411. The Kier molecular flexibility index (Phi) is 4.27. The molecule has 0 bridgehead atoms. The smallest absolute Gasteiger partial charge is 0.244 e. The Morgan fingerprint density at radius 3 is 2.73 bits per heavy atom. The molecule has 1 aromatic heterocycles. The highest BCUT2D eigenvalue weighted by atomic mass is 32.2. The molecule has 6 heteroatoms. The lowest BCUT2D eigenvalue weighted by Gasteiger charge is -2.15. The molecule has 86 valence electrons. The van der Waals surface area contributed by atoms with Crippen molar-refractivity contribution in [1.29, 1.82) is 0 Å². The average molecular weight is 249 g/mol. The van der Waals surface area contributed by atoms with Gasteiger partial charge in [-0.2, -0.15) is 0 Å². The van der Waals surface area contributed by atoms with Crippen LogP contribution in [0.25, 0.3) is 0 Å². The molecule has 0 saturated heterocycles. The second-order valence-corrected chi connectivity index (χ2v) is 6.21. The van der Waals surface area contributed by atoms with E-state index in [9.17, 15) is 8.42 Å². The fraction of sp³-hybridized carbons (Fsp3) is 0.556. The monoisotopic (exact) mass is 249 g/mol. The normalized spacial score (nSPS) is 12.3. The van der Waals surface area contributed by atoms with Crippen molar-refractivity contribution in [3.63, 3.8) is 0 Å². The Morgan fingerprint density at radius 1 is 1.53 bits per heavy atom. The molecule has 0 spiro atoms. The first kappa shape index (κ1) is 12.6. The number of nitrogens with zero attached hydrogens (tertiary/aromatic N) is 1. The summed E-state index contributed by atoms with van der Waals surface area (Å²) >= 11 is 1.26. The van der Waals surface area contributed by atoms with E-state index in [-0.39, 0.29) is 11.5 Å². The van der Waals surface area contributed by atoms with Gasteiger partial charge >= 0.3 is 0 Å². The molecule has 1 aromatic rings. The van der Waals surface area contributed by atoms with Crippen molar-refractivity contribution >= 4 is 21.4 Å². The van der Waals surface area contributed by atoms with Gasteiger partial charge in [-0.25, -0.2) is 12.7 Å². The zero-order chi connectivity index (χ0) is 11.5. The first-order chi connectivity index (χ1) is 7.04. The molecule has 0 fully saturated rings. The van der Waals surface area contributed by atoms with E-state index in [4.69, 9.17) is 5.11 Å². The van der Waals surface area contributed by atoms with E-state index in [1.54, 1.807) is 12.4 Å². The van der Waals surface area contributed by atoms with Crippen molar-refractivity contribution in [2.75, 3.05) is 13.6 Å². The van der Waals surface area contributed by atoms with Gasteiger partial charge in [0.15, 0.2) is 0 Å². The molecule has 1 N–H and O–H groups in total. The van der Waals surface area contributed by atoms with Crippen molar-refractivity contribution in [2.45, 2.75) is 24.8 Å². The van der Waals surface area contributed by atoms with Crippen molar-refractivity contribution in [1.82, 2.24) is 4.31 Å². The van der Waals surface area contributed by atoms with Crippen LogP contribution in [0.5, 0.6) is 0 Å². The lowest BCUT2D eigenvalue weighted by atomic mass is 10.5. The minimum Gasteiger partial charge on any atom is -0.391 e. The lowest BCUT2D eigenvalue weighted by Crippen LogP contribution is -2.27. The number of rotatable bonds is 5. The largest absolute Gasteiger partial charge is 0.391 e. The van der Waals surface area contributed by atoms with Crippen LogP contribution in [0, 0.1) is 0 Å². The Hall–Kier alpha value is -0.430. The SMILES string of the molecule is CCCN(C)S(=O)(=O)c1ccsc1CO. The topological polar surface area (TPSA) is 57.6 Å². The van der Waals surface area contributed by atoms with Crippen LogP contribution in [0.1, 0.15) is 18.2 Å². The van der Waals surface area contributed by atoms with Gasteiger partial charge in [-0.15, -0.1) is 11.3 Å². The zero-order valence-electron chi connectivity index (χ0n) is 8.80. The highest BCUT2D eigenvalue weighted by Crippen LogP contribution is 2.24. The molecule has 0 aliphatic heterocycles. The van der Waals surface area contributed by atoms with E-state index in [1.807, 2.05) is 6.92 Å². The fourth-order valence-corrected chi connectivity index (χ4v) is 3.80. The van der Waals surface area contributed by atoms with E-state index < -0.39 is 10.0 Å². The summed E-state index contributed by atoms with van der Waals surface area (Å²) in [5.74, 6) is 0. The van der Waals surface area contributed by atoms with Gasteiger partial charge in [-0.05, 0) is 17.9 Å². The Morgan fingerprint density at radius 2 is 2.20 bits per heavy atom. The second-order valence-electron chi connectivity index (χ2n) is 3.19. The molecule has 0 unspecified atom stereocenters. The molecular weight excluding hydrogens is 234 g/mol. The summed E-state index contributed by atoms with van der Waals surface area (Å²) in [6.07, 6.45) is 0.772. The van der Waals surface area contributed by atoms with E-state index in [0.717, 1.165) is 6.42 Å². The van der Waals surface area contributed by atoms with Crippen molar-refractivity contribution in [3.8, 4) is 0 Å². The quantitative estimate of drug-likeness (QED) is 0.855. The van der Waals surface area contributed by atoms with Crippen LogP contribution in [-0.4, -0.2) is 31.4 Å². The maximum Gasteiger partial charge on any atom is 0.244 e. The van der Waals surface area contributed by atoms with Gasteiger partial charge in [-0.1, -0.05) is 6.92 Å². The van der Waals surface area contributed by atoms with Crippen LogP contribution in [0.3, 0.4) is 0 Å². The second kappa shape index (κ2) is 5.07. The number of hydrogen-bond donors (Lipinski definition) is 1. The molecule has 15 heavy (non-hydrogen) atoms. The molecule has 0 aromatic carbocycles. The summed E-state index contributed by atoms with van der Waals surface area (Å²) in [6.45, 7) is 2.18. The predicted octanol–water partition coefficient (Wildman–Crippen LogP) is 1.27. The maximum atomic E-state index is 12.0. The first-order valence-corrected chi connectivity index (χ1v) is 6.99. The van der Waals surface area contributed by atoms with Gasteiger partial charge in [0.2, 0.25) is 10.0 Å². The molecule has 4 nitrogen and oxygen atoms in total. The first-order valence-electron chi connectivity index (χ1n) is 4.67. The van der Waals surface area contributed by atoms with Crippen LogP contribution in [0.2, 0.25) is 0 Å². The molecule has 0 atom stereocenters. The highest BCUT2D eigenvalue weighted by Gasteiger charge is 2.23. The van der Waals surface area contributed by atoms with Crippen molar-refractivity contribution in [3.05, 3.63) is 16.3 Å². The van der Waals surface area contributed by atoms with Gasteiger partial charge in [-0.3, -0.25) is 0 Å². The van der Waals surface area contributed by atoms with E-state index in [2.05, 4.69) is 0 Å². The summed E-state index contributed by atoms with van der Waals surface area (Å²) in [5, 5.41) is 10.7. The third-order valence-corrected chi connectivity index (χ3v) is 5.05. The highest BCUT2D eigenvalue weighted by molar-refractivity contribution is 7.89. The maximum absolute atomic E-state index is 12.0. The van der Waals surface area contributed by atoms with Gasteiger partial charge in [0, 0.05) is 18.5 Å². The van der Waals surface area contributed by atoms with Crippen molar-refractivity contribution < 1.29 is 13.5 Å². The van der Waals surface area contributed by atoms with Crippen LogP contribution >= 0.6 is 11.3 Å². The summed E-state index contributed by atoms with van der Waals surface area (Å²) in [4.78, 5) is 0.726. The predicted molar refractivity (Wildman–Crippen MR) is 60.3 cm³/mol. The molecule has 0 aliphatic carbocycles. The number of hydrogen-bond acceptors (Lipinski definition) is 4. The molecule has 0 amide bonds. The minimum atomic E-state index is -3.42. The van der Waals surface area contributed by atoms with E-state index in [1.165, 1.54) is 21.7 Å². The third-order valence-electron chi connectivity index (χ3n) is 2.07. The molecule has 0 saturated carbocycles. The number of aliphatic hydroxyl groups excluding tert-OH is 1. The van der Waals surface area contributed by atoms with Crippen molar-refractivity contribution in [2.24, 2.45) is 0 Å². The average Bonchev–Trinajstić information content (AvgIpc) is 2.66. The zero-order valence-corrected chi connectivity index (χ0v) is 10.4. The van der Waals surface area contributed by atoms with Crippen LogP contribution in [0.15, 0.2) is 16.3 Å². The number of aliphatic hydroxyl groups is 1. The molecular formula is C9H15NO3S2. The Balaban J connectivity index is 3.05. The number of sulfonamides is 1. The standard InChI is InChI=1S/C9H15NO3S2/c1-3-5-10(2)15(12,13)9-4-6-14-8(9)7-11/h4,6,11H,3,5,7H2,1-2H3. The number of thiophene rings is 1. The minimum absolute atomic E-state index is 0.228. The van der Waals surface area contributed by atoms with Crippen LogP contribution in [-0.2, 0) is 16.6 Å². The summed E-state index contributed by atoms with van der Waals surface area (Å²) in [7, 11) is -1.86. The van der Waals surface area contributed by atoms with E-state index >= 15 is 0 Å². The van der Waals surface area contributed by atoms with Gasteiger partial charge in [0.1, 0.15) is 0 Å². The molecule has 0 aliphatic rings. The fourth-order valence-electron chi connectivity index (χ4n) is 1.28. The van der Waals surface area contributed by atoms with Gasteiger partial charge in [0.25, 0.3) is 0 Å². The lowest BCUT2D eigenvalue weighted by molar-refractivity contribution is 0.282. The van der Waals surface area contributed by atoms with Gasteiger partial charge in [0.05, 0.1) is 11.5 Å².